The summed E-state index contributed by atoms with van der Waals surface area (Å²) in [5, 5.41) is 8.03. The standard InChI is InChI=1S/C29H29FN6O3S2.3ClH/c1-35(13-14-36-12-11-22(17-36)39-2)41(37,38)27-10-9-26(40-27)29-23-15-20(5-8-25(23)31-18-32-29)24-16-33-34-28(24)19-3-6-21(30)7-4-19;;;/h3-10,15-16,18,22H,11-14,17H2,1-2H3,(H,33,34);3*1H. The van der Waals surface area contributed by atoms with Crippen molar-refractivity contribution in [2.75, 3.05) is 40.3 Å². The summed E-state index contributed by atoms with van der Waals surface area (Å²) < 4.78 is 47.4. The molecule has 15 heteroatoms. The van der Waals surface area contributed by atoms with E-state index in [4.69, 9.17) is 4.74 Å². The molecule has 1 fully saturated rings. The maximum absolute atomic E-state index is 13.5. The molecule has 0 bridgehead atoms. The number of benzene rings is 2. The van der Waals surface area contributed by atoms with E-state index in [-0.39, 0.29) is 53.4 Å². The number of nitrogens with one attached hydrogen (secondary N) is 1. The molecule has 6 rings (SSSR count). The molecule has 9 nitrogen and oxygen atoms in total. The smallest absolute Gasteiger partial charge is 0.252 e. The Hall–Kier alpha value is -2.68. The zero-order chi connectivity index (χ0) is 28.6. The molecule has 5 aromatic rings. The fourth-order valence-electron chi connectivity index (χ4n) is 5.10. The van der Waals surface area contributed by atoms with E-state index in [1.54, 1.807) is 44.6 Å². The Morgan fingerprint density at radius 2 is 1.82 bits per heavy atom. The van der Waals surface area contributed by atoms with Gasteiger partial charge in [-0.1, -0.05) is 6.07 Å². The molecule has 4 heterocycles. The summed E-state index contributed by atoms with van der Waals surface area (Å²) in [5.41, 5.74) is 4.69. The van der Waals surface area contributed by atoms with Crippen molar-refractivity contribution < 1.29 is 17.5 Å². The lowest BCUT2D eigenvalue weighted by Crippen LogP contribution is -2.35. The number of fused-ring (bicyclic) bond motifs is 1. The summed E-state index contributed by atoms with van der Waals surface area (Å²) in [6.07, 6.45) is 4.39. The number of nitrogens with zero attached hydrogens (tertiary/aromatic N) is 5. The number of H-pyrrole nitrogens is 1. The summed E-state index contributed by atoms with van der Waals surface area (Å²) >= 11 is 1.20. The molecular weight excluding hydrogens is 670 g/mol. The SMILES string of the molecule is COC1CCN(CCN(C)S(=O)(=O)c2ccc(-c3ncnc4ccc(-c5cn[nH]c5-c5ccc(F)cc5)cc34)s2)C1.Cl.Cl.Cl. The van der Waals surface area contributed by atoms with Crippen molar-refractivity contribution in [3.05, 3.63) is 72.9 Å². The first kappa shape index (κ1) is 35.8. The van der Waals surface area contributed by atoms with Gasteiger partial charge in [-0.05, 0) is 60.5 Å². The lowest BCUT2D eigenvalue weighted by atomic mass is 9.99. The molecule has 0 spiro atoms. The molecule has 0 amide bonds. The number of hydrogen-bond donors (Lipinski definition) is 1. The maximum atomic E-state index is 13.5. The van der Waals surface area contributed by atoms with Crippen LogP contribution in [-0.2, 0) is 14.8 Å². The van der Waals surface area contributed by atoms with E-state index < -0.39 is 10.0 Å². The molecule has 1 atom stereocenters. The predicted octanol–water partition coefficient (Wildman–Crippen LogP) is 6.16. The van der Waals surface area contributed by atoms with Gasteiger partial charge in [-0.15, -0.1) is 48.6 Å². The predicted molar refractivity (Wildman–Crippen MR) is 179 cm³/mol. The Labute approximate surface area is 278 Å². The molecule has 236 valence electrons. The number of likely N-dealkylation sites (N-methyl/N-ethyl adjacent to an activating group) is 1. The molecule has 44 heavy (non-hydrogen) atoms. The summed E-state index contributed by atoms with van der Waals surface area (Å²) in [7, 11) is -0.330. The van der Waals surface area contributed by atoms with Crippen LogP contribution in [0.1, 0.15) is 6.42 Å². The van der Waals surface area contributed by atoms with Gasteiger partial charge in [-0.2, -0.15) is 9.40 Å². The first-order valence-electron chi connectivity index (χ1n) is 13.2. The highest BCUT2D eigenvalue weighted by atomic mass is 35.5. The van der Waals surface area contributed by atoms with Crippen LogP contribution in [-0.4, -0.2) is 84.2 Å². The minimum Gasteiger partial charge on any atom is -0.380 e. The third-order valence-electron chi connectivity index (χ3n) is 7.49. The minimum absolute atomic E-state index is 0. The fourth-order valence-corrected chi connectivity index (χ4v) is 7.79. The van der Waals surface area contributed by atoms with Crippen molar-refractivity contribution in [3.63, 3.8) is 0 Å². The molecule has 1 saturated heterocycles. The molecule has 3 aromatic heterocycles. The Kier molecular flexibility index (Phi) is 12.3. The van der Waals surface area contributed by atoms with Gasteiger partial charge in [0, 0.05) is 56.8 Å². The molecule has 0 saturated carbocycles. The second-order valence-electron chi connectivity index (χ2n) is 10.0. The first-order valence-corrected chi connectivity index (χ1v) is 15.5. The number of rotatable bonds is 9. The number of sulfonamides is 1. The van der Waals surface area contributed by atoms with E-state index in [1.165, 1.54) is 34.1 Å². The third kappa shape index (κ3) is 7.24. The van der Waals surface area contributed by atoms with E-state index in [9.17, 15) is 12.8 Å². The molecule has 1 aliphatic rings. The third-order valence-corrected chi connectivity index (χ3v) is 10.9. The van der Waals surface area contributed by atoms with Gasteiger partial charge >= 0.3 is 0 Å². The normalized spacial score (nSPS) is 15.1. The van der Waals surface area contributed by atoms with Crippen molar-refractivity contribution in [2.24, 2.45) is 0 Å². The van der Waals surface area contributed by atoms with Crippen molar-refractivity contribution in [3.8, 4) is 33.0 Å². The van der Waals surface area contributed by atoms with Crippen molar-refractivity contribution in [2.45, 2.75) is 16.7 Å². The quantitative estimate of drug-likeness (QED) is 0.196. The van der Waals surface area contributed by atoms with Crippen molar-refractivity contribution in [1.29, 1.82) is 0 Å². The number of methoxy groups -OCH3 is 1. The molecule has 2 aromatic carbocycles. The van der Waals surface area contributed by atoms with Gasteiger partial charge in [-0.25, -0.2) is 22.8 Å². The summed E-state index contributed by atoms with van der Waals surface area (Å²) in [5.74, 6) is -0.308. The van der Waals surface area contributed by atoms with Gasteiger partial charge in [0.25, 0.3) is 10.0 Å². The number of thiophene rings is 1. The van der Waals surface area contributed by atoms with Crippen LogP contribution in [0.4, 0.5) is 4.39 Å². The van der Waals surface area contributed by atoms with Gasteiger partial charge in [0.1, 0.15) is 16.4 Å². The molecule has 1 unspecified atom stereocenters. The highest BCUT2D eigenvalue weighted by Gasteiger charge is 2.27. The summed E-state index contributed by atoms with van der Waals surface area (Å²) in [4.78, 5) is 11.9. The molecule has 0 aliphatic carbocycles. The molecule has 1 N–H and O–H groups in total. The van der Waals surface area contributed by atoms with Gasteiger partial charge in [-0.3, -0.25) is 10.00 Å². The summed E-state index contributed by atoms with van der Waals surface area (Å²) in [6.45, 7) is 2.77. The lowest BCUT2D eigenvalue weighted by Gasteiger charge is -2.21. The molecule has 1 aliphatic heterocycles. The number of likely N-dealkylation sites (tertiary alicyclic amines) is 1. The van der Waals surface area contributed by atoms with E-state index in [0.717, 1.165) is 57.7 Å². The molecular formula is C29H32Cl3FN6O3S2. The number of ether oxygens (including phenoxy) is 1. The van der Waals surface area contributed by atoms with Gasteiger partial charge in [0.15, 0.2) is 0 Å². The highest BCUT2D eigenvalue weighted by molar-refractivity contribution is 7.91. The van der Waals surface area contributed by atoms with Crippen LogP contribution in [0.2, 0.25) is 0 Å². The van der Waals surface area contributed by atoms with Crippen LogP contribution in [0, 0.1) is 5.82 Å². The van der Waals surface area contributed by atoms with Crippen LogP contribution in [0.3, 0.4) is 0 Å². The van der Waals surface area contributed by atoms with Crippen LogP contribution in [0.15, 0.2) is 71.3 Å². The van der Waals surface area contributed by atoms with Crippen molar-refractivity contribution >= 4 is 69.5 Å². The number of hydrogen-bond acceptors (Lipinski definition) is 8. The highest BCUT2D eigenvalue weighted by Crippen LogP contribution is 2.37. The van der Waals surface area contributed by atoms with E-state index in [0.29, 0.717) is 18.8 Å². The minimum atomic E-state index is -3.66. The Morgan fingerprint density at radius 1 is 1.07 bits per heavy atom. The van der Waals surface area contributed by atoms with Gasteiger partial charge in [0.05, 0.1) is 34.1 Å². The van der Waals surface area contributed by atoms with Gasteiger partial charge < -0.3 is 4.74 Å². The van der Waals surface area contributed by atoms with Crippen LogP contribution >= 0.6 is 48.6 Å². The van der Waals surface area contributed by atoms with E-state index >= 15 is 0 Å². The number of halogens is 4. The number of aromatic nitrogens is 4. The van der Waals surface area contributed by atoms with Gasteiger partial charge in [0.2, 0.25) is 0 Å². The zero-order valence-corrected chi connectivity index (χ0v) is 27.9. The second-order valence-corrected chi connectivity index (χ2v) is 13.4. The summed E-state index contributed by atoms with van der Waals surface area (Å²) in [6, 6.07) is 15.5. The maximum Gasteiger partial charge on any atom is 0.252 e. The second kappa shape index (κ2) is 15.1. The van der Waals surface area contributed by atoms with Crippen LogP contribution in [0.5, 0.6) is 0 Å². The Bertz CT molecular complexity index is 1800. The fraction of sp³-hybridized carbons (Fsp3) is 0.276. The Morgan fingerprint density at radius 3 is 2.55 bits per heavy atom. The van der Waals surface area contributed by atoms with Crippen molar-refractivity contribution in [1.82, 2.24) is 29.4 Å². The van der Waals surface area contributed by atoms with Crippen LogP contribution < -0.4 is 0 Å². The average Bonchev–Trinajstić information content (AvgIpc) is 3.77. The zero-order valence-electron chi connectivity index (χ0n) is 23.8. The van der Waals surface area contributed by atoms with E-state index in [1.807, 2.05) is 18.2 Å². The number of aromatic amines is 1. The molecule has 0 radical (unpaired) electrons. The monoisotopic (exact) mass is 700 g/mol. The Balaban J connectivity index is 0.00000176. The van der Waals surface area contributed by atoms with Crippen LogP contribution in [0.25, 0.3) is 43.9 Å². The van der Waals surface area contributed by atoms with E-state index in [2.05, 4.69) is 25.1 Å². The first-order chi connectivity index (χ1) is 19.8. The lowest BCUT2D eigenvalue weighted by molar-refractivity contribution is 0.108. The largest absolute Gasteiger partial charge is 0.380 e. The topological polar surface area (TPSA) is 104 Å². The average molecular weight is 702 g/mol.